The third kappa shape index (κ3) is 5.88. The van der Waals surface area contributed by atoms with Crippen molar-refractivity contribution in [3.05, 3.63) is 60.2 Å². The number of amides is 2. The third-order valence-electron chi connectivity index (χ3n) is 3.94. The fraction of sp³-hybridized carbons (Fsp3) is 0.238. The van der Waals surface area contributed by atoms with Gasteiger partial charge in [0.15, 0.2) is 0 Å². The number of nitrogens with zero attached hydrogens (tertiary/aromatic N) is 1. The van der Waals surface area contributed by atoms with Crippen LogP contribution in [-0.4, -0.2) is 39.1 Å². The number of nitrogens with one attached hydrogen (secondary N) is 2. The summed E-state index contributed by atoms with van der Waals surface area (Å²) in [7, 11) is 5.40. The van der Waals surface area contributed by atoms with Crippen molar-refractivity contribution in [2.24, 2.45) is 0 Å². The van der Waals surface area contributed by atoms with Crippen molar-refractivity contribution in [3.8, 4) is 5.75 Å². The molecule has 0 bridgehead atoms. The van der Waals surface area contributed by atoms with E-state index in [1.54, 1.807) is 20.1 Å². The molecule has 0 spiro atoms. The van der Waals surface area contributed by atoms with E-state index in [1.165, 1.54) is 6.08 Å². The summed E-state index contributed by atoms with van der Waals surface area (Å²) in [5.41, 5.74) is 2.45. The van der Waals surface area contributed by atoms with Gasteiger partial charge in [-0.15, -0.1) is 0 Å². The quantitative estimate of drug-likeness (QED) is 0.738. The Balaban J connectivity index is 1.93. The second-order valence-electron chi connectivity index (χ2n) is 6.24. The summed E-state index contributed by atoms with van der Waals surface area (Å²) in [6, 6.07) is 14.1. The summed E-state index contributed by atoms with van der Waals surface area (Å²) >= 11 is 0. The second-order valence-corrected chi connectivity index (χ2v) is 6.24. The highest BCUT2D eigenvalue weighted by Gasteiger charge is 2.16. The van der Waals surface area contributed by atoms with Crippen LogP contribution >= 0.6 is 0 Å². The Morgan fingerprint density at radius 1 is 1.07 bits per heavy atom. The van der Waals surface area contributed by atoms with Crippen LogP contribution in [0, 0.1) is 0 Å². The van der Waals surface area contributed by atoms with Gasteiger partial charge < -0.3 is 20.3 Å². The zero-order chi connectivity index (χ0) is 19.8. The van der Waals surface area contributed by atoms with Crippen LogP contribution < -0.4 is 20.3 Å². The van der Waals surface area contributed by atoms with E-state index in [1.807, 2.05) is 67.5 Å². The van der Waals surface area contributed by atoms with Crippen LogP contribution in [0.1, 0.15) is 12.5 Å². The summed E-state index contributed by atoms with van der Waals surface area (Å²) in [4.78, 5) is 26.4. The summed E-state index contributed by atoms with van der Waals surface area (Å²) in [6.45, 7) is 1.65. The number of benzene rings is 2. The summed E-state index contributed by atoms with van der Waals surface area (Å²) in [5.74, 6) is 0.129. The molecular formula is C21H25N3O3. The molecule has 0 radical (unpaired) electrons. The molecule has 0 aliphatic heterocycles. The van der Waals surface area contributed by atoms with E-state index >= 15 is 0 Å². The number of rotatable bonds is 7. The van der Waals surface area contributed by atoms with Crippen molar-refractivity contribution < 1.29 is 14.3 Å². The number of methoxy groups -OCH3 is 1. The molecule has 0 fully saturated rings. The molecule has 1 unspecified atom stereocenters. The van der Waals surface area contributed by atoms with E-state index in [4.69, 9.17) is 4.74 Å². The van der Waals surface area contributed by atoms with Gasteiger partial charge in [-0.05, 0) is 42.8 Å². The Labute approximate surface area is 159 Å². The van der Waals surface area contributed by atoms with Crippen molar-refractivity contribution in [1.82, 2.24) is 5.32 Å². The zero-order valence-electron chi connectivity index (χ0n) is 16.0. The minimum absolute atomic E-state index is 0.282. The predicted octanol–water partition coefficient (Wildman–Crippen LogP) is 2.92. The number of ether oxygens (including phenoxy) is 1. The van der Waals surface area contributed by atoms with Crippen LogP contribution in [0.4, 0.5) is 11.4 Å². The zero-order valence-corrected chi connectivity index (χ0v) is 16.0. The number of hydrogen-bond donors (Lipinski definition) is 2. The molecule has 6 nitrogen and oxygen atoms in total. The molecule has 0 aliphatic carbocycles. The molecule has 6 heteroatoms. The Morgan fingerprint density at radius 2 is 1.74 bits per heavy atom. The summed E-state index contributed by atoms with van der Waals surface area (Å²) in [5, 5.41) is 5.52. The lowest BCUT2D eigenvalue weighted by atomic mass is 10.2. The maximum Gasteiger partial charge on any atom is 0.246 e. The Morgan fingerprint density at radius 3 is 2.37 bits per heavy atom. The molecule has 2 N–H and O–H groups in total. The van der Waals surface area contributed by atoms with Gasteiger partial charge in [0.2, 0.25) is 11.8 Å². The lowest BCUT2D eigenvalue weighted by molar-refractivity contribution is -0.123. The molecule has 2 aromatic carbocycles. The summed E-state index contributed by atoms with van der Waals surface area (Å²) in [6.07, 6.45) is 3.08. The van der Waals surface area contributed by atoms with Gasteiger partial charge in [-0.3, -0.25) is 9.59 Å². The molecule has 0 saturated carbocycles. The van der Waals surface area contributed by atoms with Crippen molar-refractivity contribution in [2.75, 3.05) is 31.4 Å². The molecule has 0 heterocycles. The monoisotopic (exact) mass is 367 g/mol. The minimum atomic E-state index is -0.673. The third-order valence-corrected chi connectivity index (χ3v) is 3.94. The molecule has 2 rings (SSSR count). The Hall–Kier alpha value is -3.28. The highest BCUT2D eigenvalue weighted by atomic mass is 16.5. The first kappa shape index (κ1) is 20.0. The van der Waals surface area contributed by atoms with Crippen LogP contribution in [0.25, 0.3) is 6.08 Å². The lowest BCUT2D eigenvalue weighted by Gasteiger charge is -2.19. The van der Waals surface area contributed by atoms with Crippen LogP contribution in [0.15, 0.2) is 54.6 Å². The van der Waals surface area contributed by atoms with Gasteiger partial charge in [-0.1, -0.05) is 24.3 Å². The van der Waals surface area contributed by atoms with E-state index in [9.17, 15) is 9.59 Å². The number of carbonyl (C=O) groups is 2. The predicted molar refractivity (Wildman–Crippen MR) is 109 cm³/mol. The van der Waals surface area contributed by atoms with Crippen LogP contribution in [0.2, 0.25) is 0 Å². The molecule has 0 aromatic heterocycles. The van der Waals surface area contributed by atoms with Gasteiger partial charge in [-0.2, -0.15) is 0 Å². The number of para-hydroxylation sites is 2. The molecule has 2 amide bonds. The van der Waals surface area contributed by atoms with Crippen molar-refractivity contribution in [1.29, 1.82) is 0 Å². The van der Waals surface area contributed by atoms with E-state index < -0.39 is 6.04 Å². The molecule has 2 aromatic rings. The van der Waals surface area contributed by atoms with Crippen molar-refractivity contribution in [3.63, 3.8) is 0 Å². The average molecular weight is 367 g/mol. The number of carbonyl (C=O) groups excluding carboxylic acids is 2. The Bertz CT molecular complexity index is 814. The normalized spacial score (nSPS) is 11.7. The van der Waals surface area contributed by atoms with E-state index in [-0.39, 0.29) is 11.8 Å². The smallest absolute Gasteiger partial charge is 0.246 e. The van der Waals surface area contributed by atoms with Gasteiger partial charge in [-0.25, -0.2) is 0 Å². The van der Waals surface area contributed by atoms with E-state index in [0.717, 1.165) is 17.0 Å². The van der Waals surface area contributed by atoms with Gasteiger partial charge in [0, 0.05) is 20.2 Å². The van der Waals surface area contributed by atoms with Gasteiger partial charge in [0.1, 0.15) is 11.8 Å². The Kier molecular flexibility index (Phi) is 7.00. The van der Waals surface area contributed by atoms with Gasteiger partial charge in [0.05, 0.1) is 18.5 Å². The van der Waals surface area contributed by atoms with Crippen LogP contribution in [0.5, 0.6) is 5.75 Å². The van der Waals surface area contributed by atoms with Gasteiger partial charge >= 0.3 is 0 Å². The topological polar surface area (TPSA) is 70.7 Å². The van der Waals surface area contributed by atoms with E-state index in [0.29, 0.717) is 5.69 Å². The molecular weight excluding hydrogens is 342 g/mol. The highest BCUT2D eigenvalue weighted by Crippen LogP contribution is 2.23. The average Bonchev–Trinajstić information content (AvgIpc) is 2.67. The standard InChI is InChI=1S/C21H25N3O3/c1-15(21(26)23-18-7-5-6-8-19(18)24(2)3)22-20(25)14-11-16-9-12-17(27-4)13-10-16/h5-15H,1-4H3,(H,22,25)(H,23,26)/b14-11+. The molecule has 0 saturated heterocycles. The van der Waals surface area contributed by atoms with Crippen LogP contribution in [-0.2, 0) is 9.59 Å². The fourth-order valence-electron chi connectivity index (χ4n) is 2.42. The first-order valence-corrected chi connectivity index (χ1v) is 8.60. The molecule has 27 heavy (non-hydrogen) atoms. The lowest BCUT2D eigenvalue weighted by Crippen LogP contribution is -2.41. The molecule has 142 valence electrons. The first-order chi connectivity index (χ1) is 12.9. The summed E-state index contributed by atoms with van der Waals surface area (Å²) < 4.78 is 5.09. The fourth-order valence-corrected chi connectivity index (χ4v) is 2.42. The van der Waals surface area contributed by atoms with Crippen molar-refractivity contribution in [2.45, 2.75) is 13.0 Å². The van der Waals surface area contributed by atoms with Crippen LogP contribution in [0.3, 0.4) is 0 Å². The van der Waals surface area contributed by atoms with E-state index in [2.05, 4.69) is 10.6 Å². The minimum Gasteiger partial charge on any atom is -0.497 e. The maximum atomic E-state index is 12.4. The molecule has 0 aliphatic rings. The number of hydrogen-bond acceptors (Lipinski definition) is 4. The largest absolute Gasteiger partial charge is 0.497 e. The molecule has 1 atom stereocenters. The second kappa shape index (κ2) is 9.43. The van der Waals surface area contributed by atoms with Crippen molar-refractivity contribution >= 4 is 29.3 Å². The maximum absolute atomic E-state index is 12.4. The SMILES string of the molecule is COc1ccc(/C=C/C(=O)NC(C)C(=O)Nc2ccccc2N(C)C)cc1. The number of anilines is 2. The highest BCUT2D eigenvalue weighted by molar-refractivity contribution is 6.01. The first-order valence-electron chi connectivity index (χ1n) is 8.60. The van der Waals surface area contributed by atoms with Gasteiger partial charge in [0.25, 0.3) is 0 Å².